The second-order valence-corrected chi connectivity index (χ2v) is 8.51. The summed E-state index contributed by atoms with van der Waals surface area (Å²) >= 11 is 0. The Labute approximate surface area is 194 Å². The number of halogens is 3. The van der Waals surface area contributed by atoms with Crippen LogP contribution >= 0.6 is 0 Å². The van der Waals surface area contributed by atoms with Crippen LogP contribution < -0.4 is 4.74 Å². The third-order valence-electron chi connectivity index (χ3n) is 6.19. The highest BCUT2D eigenvalue weighted by molar-refractivity contribution is 5.80. The maximum Gasteiger partial charge on any atom is 0.416 e. The van der Waals surface area contributed by atoms with Gasteiger partial charge in [-0.05, 0) is 30.2 Å². The molecule has 3 heterocycles. The van der Waals surface area contributed by atoms with Crippen LogP contribution in [0.1, 0.15) is 17.0 Å². The van der Waals surface area contributed by atoms with Gasteiger partial charge in [-0.2, -0.15) is 18.2 Å². The summed E-state index contributed by atoms with van der Waals surface area (Å²) in [5.41, 5.74) is 0.541. The van der Waals surface area contributed by atoms with Crippen molar-refractivity contribution in [3.8, 4) is 17.1 Å². The van der Waals surface area contributed by atoms with E-state index >= 15 is 0 Å². The van der Waals surface area contributed by atoms with Crippen molar-refractivity contribution in [2.45, 2.75) is 19.1 Å². The van der Waals surface area contributed by atoms with Crippen molar-refractivity contribution in [3.63, 3.8) is 0 Å². The van der Waals surface area contributed by atoms with Gasteiger partial charge in [0.25, 0.3) is 0 Å². The molecule has 2 aromatic carbocycles. The number of hydrogen-bond donors (Lipinski definition) is 0. The van der Waals surface area contributed by atoms with Gasteiger partial charge in [0.2, 0.25) is 17.6 Å². The molecule has 1 atom stereocenters. The molecule has 0 saturated carbocycles. The number of fused-ring (bicyclic) bond motifs is 1. The Kier molecular flexibility index (Phi) is 5.99. The molecule has 1 saturated heterocycles. The standard InChI is InChI=1S/C24H23F3N4O3/c25-24(26,27)19-6-3-5-17(13-19)22-28-21(34-29-22)14-30-8-10-31(11-9-30)23(32)18-12-16-4-1-2-7-20(16)33-15-18/h1-7,13,18H,8-12,14-15H2. The van der Waals surface area contributed by atoms with Gasteiger partial charge < -0.3 is 14.2 Å². The lowest BCUT2D eigenvalue weighted by molar-refractivity contribution is -0.139. The van der Waals surface area contributed by atoms with Crippen LogP contribution in [0.2, 0.25) is 0 Å². The summed E-state index contributed by atoms with van der Waals surface area (Å²) in [4.78, 5) is 21.2. The molecule has 0 bridgehead atoms. The first-order valence-electron chi connectivity index (χ1n) is 11.1. The highest BCUT2D eigenvalue weighted by atomic mass is 19.4. The van der Waals surface area contributed by atoms with Gasteiger partial charge in [0.1, 0.15) is 12.4 Å². The molecule has 2 aliphatic rings. The van der Waals surface area contributed by atoms with E-state index in [9.17, 15) is 18.0 Å². The van der Waals surface area contributed by atoms with Crippen LogP contribution in [0.4, 0.5) is 13.2 Å². The summed E-state index contributed by atoms with van der Waals surface area (Å²) < 4.78 is 49.9. The lowest BCUT2D eigenvalue weighted by atomic mass is 9.95. The van der Waals surface area contributed by atoms with Gasteiger partial charge in [-0.15, -0.1) is 0 Å². The van der Waals surface area contributed by atoms with E-state index in [-0.39, 0.29) is 23.2 Å². The van der Waals surface area contributed by atoms with Gasteiger partial charge in [-0.3, -0.25) is 9.69 Å². The van der Waals surface area contributed by atoms with Gasteiger partial charge in [0.05, 0.1) is 18.0 Å². The van der Waals surface area contributed by atoms with Crippen molar-refractivity contribution in [3.05, 3.63) is 65.5 Å². The van der Waals surface area contributed by atoms with Crippen molar-refractivity contribution >= 4 is 5.91 Å². The third kappa shape index (κ3) is 4.77. The first-order valence-corrected chi connectivity index (χ1v) is 11.1. The monoisotopic (exact) mass is 472 g/mol. The Bertz CT molecular complexity index is 1170. The number of piperazine rings is 1. The fourth-order valence-corrected chi connectivity index (χ4v) is 4.33. The third-order valence-corrected chi connectivity index (χ3v) is 6.19. The van der Waals surface area contributed by atoms with Crippen LogP contribution in [0.5, 0.6) is 5.75 Å². The van der Waals surface area contributed by atoms with E-state index in [4.69, 9.17) is 9.26 Å². The number of para-hydroxylation sites is 1. The molecule has 1 unspecified atom stereocenters. The van der Waals surface area contributed by atoms with E-state index in [0.717, 1.165) is 23.4 Å². The molecule has 10 heteroatoms. The minimum Gasteiger partial charge on any atom is -0.492 e. The van der Waals surface area contributed by atoms with Crippen LogP contribution in [-0.2, 0) is 23.9 Å². The SMILES string of the molecule is O=C(C1COc2ccccc2C1)N1CCN(Cc2nc(-c3cccc(C(F)(F)F)c3)no2)CC1. The van der Waals surface area contributed by atoms with E-state index in [1.54, 1.807) is 0 Å². The maximum absolute atomic E-state index is 13.0. The lowest BCUT2D eigenvalue weighted by Gasteiger charge is -2.36. The number of carbonyl (C=O) groups is 1. The molecular formula is C24H23F3N4O3. The molecule has 2 aliphatic heterocycles. The van der Waals surface area contributed by atoms with Crippen LogP contribution in [-0.4, -0.2) is 58.6 Å². The molecule has 178 valence electrons. The van der Waals surface area contributed by atoms with Crippen LogP contribution in [0.15, 0.2) is 53.1 Å². The number of nitrogens with zero attached hydrogens (tertiary/aromatic N) is 4. The van der Waals surface area contributed by atoms with Crippen LogP contribution in [0, 0.1) is 5.92 Å². The summed E-state index contributed by atoms with van der Waals surface area (Å²) in [7, 11) is 0. The molecule has 5 rings (SSSR count). The van der Waals surface area contributed by atoms with Crippen molar-refractivity contribution in [1.82, 2.24) is 19.9 Å². The molecule has 1 aromatic heterocycles. The second kappa shape index (κ2) is 9.09. The van der Waals surface area contributed by atoms with Crippen molar-refractivity contribution < 1.29 is 27.2 Å². The summed E-state index contributed by atoms with van der Waals surface area (Å²) in [5.74, 6) is 1.20. The fraction of sp³-hybridized carbons (Fsp3) is 0.375. The molecule has 0 N–H and O–H groups in total. The number of ether oxygens (including phenoxy) is 1. The number of amides is 1. The topological polar surface area (TPSA) is 71.7 Å². The zero-order chi connectivity index (χ0) is 23.7. The van der Waals surface area contributed by atoms with E-state index < -0.39 is 11.7 Å². The van der Waals surface area contributed by atoms with Gasteiger partial charge >= 0.3 is 6.18 Å². The van der Waals surface area contributed by atoms with Gasteiger partial charge in [-0.25, -0.2) is 0 Å². The second-order valence-electron chi connectivity index (χ2n) is 8.51. The van der Waals surface area contributed by atoms with Crippen molar-refractivity contribution in [2.24, 2.45) is 5.92 Å². The molecule has 7 nitrogen and oxygen atoms in total. The number of benzene rings is 2. The van der Waals surface area contributed by atoms with E-state index in [2.05, 4.69) is 15.0 Å². The quantitative estimate of drug-likeness (QED) is 0.577. The zero-order valence-corrected chi connectivity index (χ0v) is 18.3. The smallest absolute Gasteiger partial charge is 0.416 e. The van der Waals surface area contributed by atoms with Gasteiger partial charge in [0, 0.05) is 31.7 Å². The number of aromatic nitrogens is 2. The first kappa shape index (κ1) is 22.4. The Morgan fingerprint density at radius 2 is 1.85 bits per heavy atom. The molecule has 34 heavy (non-hydrogen) atoms. The Morgan fingerprint density at radius 1 is 1.06 bits per heavy atom. The summed E-state index contributed by atoms with van der Waals surface area (Å²) in [6.07, 6.45) is -3.76. The van der Waals surface area contributed by atoms with Crippen molar-refractivity contribution in [2.75, 3.05) is 32.8 Å². The maximum atomic E-state index is 13.0. The number of rotatable bonds is 4. The highest BCUT2D eigenvalue weighted by Crippen LogP contribution is 2.31. The predicted molar refractivity (Wildman–Crippen MR) is 116 cm³/mol. The van der Waals surface area contributed by atoms with E-state index in [0.29, 0.717) is 51.6 Å². The number of alkyl halides is 3. The predicted octanol–water partition coefficient (Wildman–Crippen LogP) is 3.65. The normalized spacial score (nSPS) is 18.9. The molecular weight excluding hydrogens is 449 g/mol. The van der Waals surface area contributed by atoms with E-state index in [1.165, 1.54) is 12.1 Å². The fourth-order valence-electron chi connectivity index (χ4n) is 4.33. The Balaban J connectivity index is 1.15. The zero-order valence-electron chi connectivity index (χ0n) is 18.3. The molecule has 1 fully saturated rings. The molecule has 0 spiro atoms. The highest BCUT2D eigenvalue weighted by Gasteiger charge is 2.32. The lowest BCUT2D eigenvalue weighted by Crippen LogP contribution is -2.51. The van der Waals surface area contributed by atoms with Crippen LogP contribution in [0.25, 0.3) is 11.4 Å². The molecule has 0 aliphatic carbocycles. The summed E-state index contributed by atoms with van der Waals surface area (Å²) in [6, 6.07) is 12.6. The largest absolute Gasteiger partial charge is 0.492 e. The van der Waals surface area contributed by atoms with Crippen LogP contribution in [0.3, 0.4) is 0 Å². The summed E-state index contributed by atoms with van der Waals surface area (Å²) in [6.45, 7) is 3.18. The van der Waals surface area contributed by atoms with Gasteiger partial charge in [-0.1, -0.05) is 35.5 Å². The minimum atomic E-state index is -4.44. The molecule has 1 amide bonds. The van der Waals surface area contributed by atoms with Gasteiger partial charge in [0.15, 0.2) is 0 Å². The average molecular weight is 472 g/mol. The average Bonchev–Trinajstić information content (AvgIpc) is 3.32. The summed E-state index contributed by atoms with van der Waals surface area (Å²) in [5, 5.41) is 3.84. The Morgan fingerprint density at radius 3 is 2.65 bits per heavy atom. The van der Waals surface area contributed by atoms with Crippen molar-refractivity contribution in [1.29, 1.82) is 0 Å². The van der Waals surface area contributed by atoms with E-state index in [1.807, 2.05) is 29.2 Å². The Hall–Kier alpha value is -3.40. The number of hydrogen-bond acceptors (Lipinski definition) is 6. The molecule has 3 aromatic rings. The minimum absolute atomic E-state index is 0.0961. The first-order chi connectivity index (χ1) is 16.4. The number of carbonyl (C=O) groups excluding carboxylic acids is 1. The molecule has 0 radical (unpaired) electrons.